The normalized spacial score (nSPS) is 11.9. The largest absolute Gasteiger partial charge is 0.371 e. The topological polar surface area (TPSA) is 40.5 Å². The molecule has 0 rings (SSSR count). The van der Waals surface area contributed by atoms with Crippen molar-refractivity contribution in [1.29, 1.82) is 0 Å². The molecule has 0 aliphatic carbocycles. The summed E-state index contributed by atoms with van der Waals surface area (Å²) in [6, 6.07) is 0. The minimum Gasteiger partial charge on any atom is -0.371 e. The molecule has 0 unspecified atom stereocenters. The maximum atomic E-state index is 11.5. The first-order chi connectivity index (χ1) is 5.30. The smallest absolute Gasteiger partial charge is 0.227 e. The molecular weight excluding hydrogens is 154 g/mol. The number of aliphatic hydroxyl groups is 1. The van der Waals surface area contributed by atoms with E-state index < -0.39 is 5.72 Å². The number of hydrogen-bond acceptors (Lipinski definition) is 2. The lowest BCUT2D eigenvalue weighted by Gasteiger charge is -2.34. The summed E-state index contributed by atoms with van der Waals surface area (Å²) < 4.78 is 0. The van der Waals surface area contributed by atoms with E-state index in [-0.39, 0.29) is 11.8 Å². The molecule has 0 spiro atoms. The predicted octanol–water partition coefficient (Wildman–Crippen LogP) is 1.22. The summed E-state index contributed by atoms with van der Waals surface area (Å²) in [5, 5.41) is 9.60. The first-order valence-electron chi connectivity index (χ1n) is 4.34. The number of carbonyl (C=O) groups excluding carboxylic acids is 1. The van der Waals surface area contributed by atoms with Gasteiger partial charge >= 0.3 is 0 Å². The zero-order valence-electron chi connectivity index (χ0n) is 8.59. The number of hydrogen-bond donors (Lipinski definition) is 1. The Morgan fingerprint density at radius 3 is 2.00 bits per heavy atom. The van der Waals surface area contributed by atoms with Gasteiger partial charge in [0.25, 0.3) is 0 Å². The summed E-state index contributed by atoms with van der Waals surface area (Å²) in [4.78, 5) is 13.0. The van der Waals surface area contributed by atoms with Gasteiger partial charge in [0.05, 0.1) is 0 Å². The van der Waals surface area contributed by atoms with Crippen molar-refractivity contribution in [3.05, 3.63) is 0 Å². The van der Waals surface area contributed by atoms with E-state index in [1.807, 2.05) is 20.8 Å². The maximum absolute atomic E-state index is 11.5. The Kier molecular flexibility index (Phi) is 3.71. The van der Waals surface area contributed by atoms with E-state index in [2.05, 4.69) is 0 Å². The van der Waals surface area contributed by atoms with Crippen LogP contribution in [0.2, 0.25) is 0 Å². The molecule has 0 saturated carbocycles. The van der Waals surface area contributed by atoms with Gasteiger partial charge in [-0.25, -0.2) is 0 Å². The molecule has 3 heteroatoms. The van der Waals surface area contributed by atoms with E-state index in [9.17, 15) is 9.90 Å². The van der Waals surface area contributed by atoms with Gasteiger partial charge in [0.15, 0.2) is 0 Å². The van der Waals surface area contributed by atoms with Gasteiger partial charge in [-0.1, -0.05) is 13.8 Å². The van der Waals surface area contributed by atoms with Crippen LogP contribution in [-0.2, 0) is 4.79 Å². The second kappa shape index (κ2) is 3.90. The highest BCUT2D eigenvalue weighted by Gasteiger charge is 2.27. The molecule has 0 bridgehead atoms. The molecule has 0 saturated heterocycles. The molecule has 1 amide bonds. The summed E-state index contributed by atoms with van der Waals surface area (Å²) in [5.74, 6) is -0.0682. The average molecular weight is 173 g/mol. The molecule has 0 aromatic heterocycles. The minimum atomic E-state index is -1.05. The molecule has 0 heterocycles. The quantitative estimate of drug-likeness (QED) is 0.652. The number of rotatable bonds is 3. The van der Waals surface area contributed by atoms with E-state index >= 15 is 0 Å². The molecule has 0 aromatic rings. The first kappa shape index (κ1) is 11.4. The lowest BCUT2D eigenvalue weighted by atomic mass is 10.1. The maximum Gasteiger partial charge on any atom is 0.227 e. The van der Waals surface area contributed by atoms with Crippen LogP contribution in [0.4, 0.5) is 0 Å². The Labute approximate surface area is 74.4 Å². The van der Waals surface area contributed by atoms with Crippen LogP contribution >= 0.6 is 0 Å². The number of nitrogens with zero attached hydrogens (tertiary/aromatic N) is 1. The fraction of sp³-hybridized carbons (Fsp3) is 0.889. The van der Waals surface area contributed by atoms with Gasteiger partial charge in [-0.05, 0) is 20.8 Å². The Bertz CT molecular complexity index is 158. The van der Waals surface area contributed by atoms with Crippen LogP contribution in [0.15, 0.2) is 0 Å². The third-order valence-electron chi connectivity index (χ3n) is 1.74. The Hall–Kier alpha value is -0.570. The second-order valence-corrected chi connectivity index (χ2v) is 3.73. The summed E-state index contributed by atoms with van der Waals surface area (Å²) in [6.07, 6.45) is 0. The molecule has 0 atom stereocenters. The van der Waals surface area contributed by atoms with Crippen LogP contribution in [-0.4, -0.2) is 28.2 Å². The van der Waals surface area contributed by atoms with Crippen molar-refractivity contribution < 1.29 is 9.90 Å². The highest BCUT2D eigenvalue weighted by atomic mass is 16.3. The van der Waals surface area contributed by atoms with Gasteiger partial charge in [0, 0.05) is 12.5 Å². The van der Waals surface area contributed by atoms with Gasteiger partial charge in [-0.2, -0.15) is 0 Å². The molecule has 3 nitrogen and oxygen atoms in total. The zero-order chi connectivity index (χ0) is 9.94. The van der Waals surface area contributed by atoms with Gasteiger partial charge in [0.2, 0.25) is 5.91 Å². The van der Waals surface area contributed by atoms with Crippen molar-refractivity contribution in [2.45, 2.75) is 40.3 Å². The molecule has 0 radical (unpaired) electrons. The van der Waals surface area contributed by atoms with Crippen LogP contribution in [0.1, 0.15) is 34.6 Å². The highest BCUT2D eigenvalue weighted by molar-refractivity contribution is 5.78. The summed E-state index contributed by atoms with van der Waals surface area (Å²) >= 11 is 0. The Morgan fingerprint density at radius 1 is 1.50 bits per heavy atom. The highest BCUT2D eigenvalue weighted by Crippen LogP contribution is 2.13. The van der Waals surface area contributed by atoms with Crippen LogP contribution in [0, 0.1) is 5.92 Å². The van der Waals surface area contributed by atoms with Crippen LogP contribution < -0.4 is 0 Å². The first-order valence-corrected chi connectivity index (χ1v) is 4.34. The van der Waals surface area contributed by atoms with Crippen molar-refractivity contribution >= 4 is 5.91 Å². The third-order valence-corrected chi connectivity index (χ3v) is 1.74. The minimum absolute atomic E-state index is 0.00926. The van der Waals surface area contributed by atoms with E-state index in [4.69, 9.17) is 0 Å². The molecular formula is C9H19NO2. The molecule has 1 N–H and O–H groups in total. The predicted molar refractivity (Wildman–Crippen MR) is 48.5 cm³/mol. The van der Waals surface area contributed by atoms with E-state index in [1.165, 1.54) is 4.90 Å². The van der Waals surface area contributed by atoms with E-state index in [0.29, 0.717) is 6.54 Å². The Morgan fingerprint density at radius 2 is 1.92 bits per heavy atom. The van der Waals surface area contributed by atoms with Crippen molar-refractivity contribution in [3.63, 3.8) is 0 Å². The number of amides is 1. The van der Waals surface area contributed by atoms with Crippen LogP contribution in [0.25, 0.3) is 0 Å². The number of carbonyl (C=O) groups is 1. The summed E-state index contributed by atoms with van der Waals surface area (Å²) in [5.41, 5.74) is -1.05. The van der Waals surface area contributed by atoms with Gasteiger partial charge in [-0.15, -0.1) is 0 Å². The van der Waals surface area contributed by atoms with Crippen molar-refractivity contribution in [2.24, 2.45) is 5.92 Å². The Balaban J connectivity index is 4.47. The third kappa shape index (κ3) is 2.81. The van der Waals surface area contributed by atoms with Crippen LogP contribution in [0.3, 0.4) is 0 Å². The average Bonchev–Trinajstić information content (AvgIpc) is 1.85. The monoisotopic (exact) mass is 173 g/mol. The summed E-state index contributed by atoms with van der Waals surface area (Å²) in [7, 11) is 0. The zero-order valence-corrected chi connectivity index (χ0v) is 8.59. The lowest BCUT2D eigenvalue weighted by molar-refractivity contribution is -0.155. The van der Waals surface area contributed by atoms with Gasteiger partial charge in [0.1, 0.15) is 5.72 Å². The van der Waals surface area contributed by atoms with E-state index in [1.54, 1.807) is 13.8 Å². The molecule has 12 heavy (non-hydrogen) atoms. The standard InChI is InChI=1S/C9H19NO2/c1-6-10(9(4,5)12)8(11)7(2)3/h7,12H,6H2,1-5H3. The molecule has 0 aliphatic heterocycles. The van der Waals surface area contributed by atoms with Crippen LogP contribution in [0.5, 0.6) is 0 Å². The fourth-order valence-corrected chi connectivity index (χ4v) is 1.12. The van der Waals surface area contributed by atoms with E-state index in [0.717, 1.165) is 0 Å². The van der Waals surface area contributed by atoms with Crippen molar-refractivity contribution in [3.8, 4) is 0 Å². The molecule has 0 fully saturated rings. The van der Waals surface area contributed by atoms with Gasteiger partial charge in [-0.3, -0.25) is 4.79 Å². The summed E-state index contributed by atoms with van der Waals surface area (Å²) in [6.45, 7) is 9.31. The molecule has 0 aromatic carbocycles. The van der Waals surface area contributed by atoms with Crippen molar-refractivity contribution in [2.75, 3.05) is 6.54 Å². The molecule has 0 aliphatic rings. The molecule has 72 valence electrons. The fourth-order valence-electron chi connectivity index (χ4n) is 1.12. The van der Waals surface area contributed by atoms with Gasteiger partial charge < -0.3 is 10.0 Å². The second-order valence-electron chi connectivity index (χ2n) is 3.73. The SMILES string of the molecule is CCN(C(=O)C(C)C)C(C)(C)O. The van der Waals surface area contributed by atoms with Crippen molar-refractivity contribution in [1.82, 2.24) is 4.90 Å². The lowest BCUT2D eigenvalue weighted by Crippen LogP contribution is -2.49.